The van der Waals surface area contributed by atoms with E-state index in [9.17, 15) is 14.0 Å². The number of hydrogen-bond acceptors (Lipinski definition) is 4. The van der Waals surface area contributed by atoms with E-state index >= 15 is 0 Å². The van der Waals surface area contributed by atoms with Crippen LogP contribution in [0, 0.1) is 11.7 Å². The monoisotopic (exact) mass is 457 g/mol. The summed E-state index contributed by atoms with van der Waals surface area (Å²) in [6.45, 7) is 9.39. The average molecular weight is 458 g/mol. The van der Waals surface area contributed by atoms with E-state index in [0.29, 0.717) is 19.0 Å². The number of carbonyl (C=O) groups is 2. The maximum Gasteiger partial charge on any atom is 0.290 e. The van der Waals surface area contributed by atoms with Crippen LogP contribution >= 0.6 is 0 Å². The van der Waals surface area contributed by atoms with E-state index < -0.39 is 6.04 Å². The highest BCUT2D eigenvalue weighted by Crippen LogP contribution is 2.19. The SMILES string of the molecule is CC(C)CCNC(=O)[C@@H](C)N(Cc1ccc(F)cc1)C(=O)c1ccc(CN2CCCCC2)o1. The van der Waals surface area contributed by atoms with Crippen molar-refractivity contribution in [2.75, 3.05) is 19.6 Å². The minimum atomic E-state index is -0.703. The molecule has 7 heteroatoms. The molecule has 0 spiro atoms. The van der Waals surface area contributed by atoms with Gasteiger partial charge in [0.1, 0.15) is 17.6 Å². The van der Waals surface area contributed by atoms with Gasteiger partial charge in [0.2, 0.25) is 5.91 Å². The first-order valence-corrected chi connectivity index (χ1v) is 12.0. The number of piperidine rings is 1. The Morgan fingerprint density at radius 1 is 1.06 bits per heavy atom. The highest BCUT2D eigenvalue weighted by Gasteiger charge is 2.29. The van der Waals surface area contributed by atoms with E-state index in [0.717, 1.165) is 30.8 Å². The van der Waals surface area contributed by atoms with E-state index in [1.54, 1.807) is 25.1 Å². The molecule has 0 radical (unpaired) electrons. The van der Waals surface area contributed by atoms with E-state index in [-0.39, 0.29) is 29.9 Å². The number of carbonyl (C=O) groups excluding carboxylic acids is 2. The smallest absolute Gasteiger partial charge is 0.290 e. The summed E-state index contributed by atoms with van der Waals surface area (Å²) < 4.78 is 19.3. The molecule has 0 saturated carbocycles. The van der Waals surface area contributed by atoms with Crippen LogP contribution in [0.4, 0.5) is 4.39 Å². The molecule has 180 valence electrons. The van der Waals surface area contributed by atoms with Crippen molar-refractivity contribution in [3.05, 3.63) is 59.3 Å². The minimum Gasteiger partial charge on any atom is -0.455 e. The molecule has 1 aliphatic heterocycles. The van der Waals surface area contributed by atoms with Gasteiger partial charge in [-0.2, -0.15) is 0 Å². The molecule has 1 fully saturated rings. The molecule has 1 atom stereocenters. The Morgan fingerprint density at radius 3 is 2.42 bits per heavy atom. The third kappa shape index (κ3) is 7.42. The summed E-state index contributed by atoms with van der Waals surface area (Å²) in [5.41, 5.74) is 0.742. The van der Waals surface area contributed by atoms with E-state index in [4.69, 9.17) is 4.42 Å². The minimum absolute atomic E-state index is 0.181. The number of amides is 2. The summed E-state index contributed by atoms with van der Waals surface area (Å²) in [6.07, 6.45) is 4.49. The van der Waals surface area contributed by atoms with Gasteiger partial charge in [-0.15, -0.1) is 0 Å². The fourth-order valence-corrected chi connectivity index (χ4v) is 4.00. The lowest BCUT2D eigenvalue weighted by Crippen LogP contribution is -2.47. The Labute approximate surface area is 196 Å². The first kappa shape index (κ1) is 25.0. The van der Waals surface area contributed by atoms with Crippen molar-refractivity contribution >= 4 is 11.8 Å². The third-order valence-corrected chi connectivity index (χ3v) is 6.10. The van der Waals surface area contributed by atoms with Gasteiger partial charge in [0.15, 0.2) is 5.76 Å². The van der Waals surface area contributed by atoms with Gasteiger partial charge in [-0.25, -0.2) is 4.39 Å². The number of halogens is 1. The second kappa shape index (κ2) is 12.0. The summed E-state index contributed by atoms with van der Waals surface area (Å²) >= 11 is 0. The Kier molecular flexibility index (Phi) is 9.06. The molecular formula is C26H36FN3O3. The molecule has 0 unspecified atom stereocenters. The van der Waals surface area contributed by atoms with Crippen LogP contribution in [-0.2, 0) is 17.9 Å². The van der Waals surface area contributed by atoms with Crippen molar-refractivity contribution in [3.8, 4) is 0 Å². The molecule has 33 heavy (non-hydrogen) atoms. The Balaban J connectivity index is 1.73. The van der Waals surface area contributed by atoms with E-state index in [2.05, 4.69) is 24.1 Å². The second-order valence-electron chi connectivity index (χ2n) is 9.31. The summed E-state index contributed by atoms with van der Waals surface area (Å²) in [7, 11) is 0. The molecule has 1 N–H and O–H groups in total. The number of benzene rings is 1. The molecular weight excluding hydrogens is 421 g/mol. The van der Waals surface area contributed by atoms with Crippen LogP contribution in [0.3, 0.4) is 0 Å². The molecule has 6 nitrogen and oxygen atoms in total. The molecule has 1 aromatic heterocycles. The predicted octanol–water partition coefficient (Wildman–Crippen LogP) is 4.60. The summed E-state index contributed by atoms with van der Waals surface area (Å²) in [6, 6.07) is 8.79. The molecule has 2 heterocycles. The predicted molar refractivity (Wildman–Crippen MR) is 126 cm³/mol. The Bertz CT molecular complexity index is 904. The summed E-state index contributed by atoms with van der Waals surface area (Å²) in [5.74, 6) is 0.521. The molecule has 2 amide bonds. The van der Waals surface area contributed by atoms with Gasteiger partial charge in [0.25, 0.3) is 5.91 Å². The lowest BCUT2D eigenvalue weighted by Gasteiger charge is -2.28. The quantitative estimate of drug-likeness (QED) is 0.566. The third-order valence-electron chi connectivity index (χ3n) is 6.10. The van der Waals surface area contributed by atoms with Crippen molar-refractivity contribution < 1.29 is 18.4 Å². The van der Waals surface area contributed by atoms with Crippen LogP contribution in [0.2, 0.25) is 0 Å². The number of rotatable bonds is 10. The largest absolute Gasteiger partial charge is 0.455 e. The van der Waals surface area contributed by atoms with Crippen molar-refractivity contribution in [2.45, 2.75) is 65.6 Å². The summed E-state index contributed by atoms with van der Waals surface area (Å²) in [4.78, 5) is 30.0. The number of furan rings is 1. The van der Waals surface area contributed by atoms with Crippen LogP contribution in [0.15, 0.2) is 40.8 Å². The molecule has 0 bridgehead atoms. The maximum atomic E-state index is 13.4. The molecule has 1 aromatic carbocycles. The highest BCUT2D eigenvalue weighted by atomic mass is 19.1. The van der Waals surface area contributed by atoms with Gasteiger partial charge in [0.05, 0.1) is 6.54 Å². The number of nitrogens with zero attached hydrogens (tertiary/aromatic N) is 2. The van der Waals surface area contributed by atoms with Crippen molar-refractivity contribution in [2.24, 2.45) is 5.92 Å². The van der Waals surface area contributed by atoms with Gasteiger partial charge in [-0.05, 0) is 75.0 Å². The first-order valence-electron chi connectivity index (χ1n) is 12.0. The second-order valence-corrected chi connectivity index (χ2v) is 9.31. The fraction of sp³-hybridized carbons (Fsp3) is 0.538. The van der Waals surface area contributed by atoms with Gasteiger partial charge >= 0.3 is 0 Å². The molecule has 1 aliphatic rings. The normalized spacial score (nSPS) is 15.4. The van der Waals surface area contributed by atoms with Crippen LogP contribution in [0.5, 0.6) is 0 Å². The van der Waals surface area contributed by atoms with Crippen molar-refractivity contribution in [1.82, 2.24) is 15.1 Å². The molecule has 0 aliphatic carbocycles. The van der Waals surface area contributed by atoms with E-state index in [1.165, 1.54) is 36.3 Å². The summed E-state index contributed by atoms with van der Waals surface area (Å²) in [5, 5.41) is 2.92. The zero-order chi connectivity index (χ0) is 23.8. The van der Waals surface area contributed by atoms with Gasteiger partial charge in [-0.3, -0.25) is 14.5 Å². The lowest BCUT2D eigenvalue weighted by molar-refractivity contribution is -0.125. The Morgan fingerprint density at radius 2 is 1.76 bits per heavy atom. The molecule has 2 aromatic rings. The van der Waals surface area contributed by atoms with Crippen LogP contribution < -0.4 is 5.32 Å². The topological polar surface area (TPSA) is 65.8 Å². The van der Waals surface area contributed by atoms with Crippen LogP contribution in [-0.4, -0.2) is 47.3 Å². The van der Waals surface area contributed by atoms with Crippen LogP contribution in [0.25, 0.3) is 0 Å². The van der Waals surface area contributed by atoms with Gasteiger partial charge < -0.3 is 14.6 Å². The average Bonchev–Trinajstić information content (AvgIpc) is 3.26. The molecule has 1 saturated heterocycles. The lowest BCUT2D eigenvalue weighted by atomic mass is 10.1. The molecule has 3 rings (SSSR count). The Hall–Kier alpha value is -2.67. The fourth-order valence-electron chi connectivity index (χ4n) is 4.00. The van der Waals surface area contributed by atoms with Crippen LogP contribution in [0.1, 0.15) is 68.3 Å². The zero-order valence-corrected chi connectivity index (χ0v) is 20.0. The van der Waals surface area contributed by atoms with Crippen molar-refractivity contribution in [3.63, 3.8) is 0 Å². The standard InChI is InChI=1S/C26H36FN3O3/c1-19(2)13-14-28-25(31)20(3)30(17-21-7-9-22(27)10-8-21)26(32)24-12-11-23(33-24)18-29-15-5-4-6-16-29/h7-12,19-20H,4-6,13-18H2,1-3H3,(H,28,31)/t20-/m1/s1. The number of hydrogen-bond donors (Lipinski definition) is 1. The van der Waals surface area contributed by atoms with Crippen molar-refractivity contribution in [1.29, 1.82) is 0 Å². The van der Waals surface area contributed by atoms with Gasteiger partial charge in [-0.1, -0.05) is 32.4 Å². The highest BCUT2D eigenvalue weighted by molar-refractivity contribution is 5.95. The van der Waals surface area contributed by atoms with Gasteiger partial charge in [0, 0.05) is 13.1 Å². The van der Waals surface area contributed by atoms with E-state index in [1.807, 2.05) is 6.07 Å². The first-order chi connectivity index (χ1) is 15.8. The number of likely N-dealkylation sites (tertiary alicyclic amines) is 1. The zero-order valence-electron chi connectivity index (χ0n) is 20.0. The number of nitrogens with one attached hydrogen (secondary N) is 1. The maximum absolute atomic E-state index is 13.4.